The standard InChI is InChI=1S/C11H17NO2/c12-14-11(13)10-8-2-6-1-7(4-8)5-9(10)3-6/h6-10H,1-5,12H2. The van der Waals surface area contributed by atoms with Crippen LogP contribution in [0, 0.1) is 29.6 Å². The number of hydrogen-bond acceptors (Lipinski definition) is 3. The SMILES string of the molecule is NOC(=O)C1C2CC3CC(C2)CC1C3. The summed E-state index contributed by atoms with van der Waals surface area (Å²) in [4.78, 5) is 16.0. The summed E-state index contributed by atoms with van der Waals surface area (Å²) in [5.41, 5.74) is 0. The van der Waals surface area contributed by atoms with Crippen LogP contribution < -0.4 is 5.90 Å². The zero-order valence-electron chi connectivity index (χ0n) is 8.32. The van der Waals surface area contributed by atoms with Crippen LogP contribution in [0.1, 0.15) is 32.1 Å². The Morgan fingerprint density at radius 3 is 1.93 bits per heavy atom. The van der Waals surface area contributed by atoms with Crippen molar-refractivity contribution >= 4 is 5.97 Å². The molecule has 3 heteroatoms. The molecule has 0 aliphatic heterocycles. The van der Waals surface area contributed by atoms with Gasteiger partial charge in [0.25, 0.3) is 0 Å². The molecule has 0 radical (unpaired) electrons. The van der Waals surface area contributed by atoms with Crippen molar-refractivity contribution in [3.63, 3.8) is 0 Å². The molecule has 0 saturated heterocycles. The number of rotatable bonds is 1. The van der Waals surface area contributed by atoms with Gasteiger partial charge in [0.2, 0.25) is 0 Å². The van der Waals surface area contributed by atoms with Crippen molar-refractivity contribution in [1.82, 2.24) is 0 Å². The van der Waals surface area contributed by atoms with E-state index in [9.17, 15) is 4.79 Å². The van der Waals surface area contributed by atoms with Crippen LogP contribution in [0.15, 0.2) is 0 Å². The summed E-state index contributed by atoms with van der Waals surface area (Å²) in [6.07, 6.45) is 6.39. The van der Waals surface area contributed by atoms with E-state index in [1.54, 1.807) is 0 Å². The third kappa shape index (κ3) is 1.11. The van der Waals surface area contributed by atoms with E-state index >= 15 is 0 Å². The van der Waals surface area contributed by atoms with Gasteiger partial charge in [-0.2, -0.15) is 5.90 Å². The molecule has 0 amide bonds. The second-order valence-electron chi connectivity index (χ2n) is 5.39. The predicted molar refractivity (Wildman–Crippen MR) is 50.8 cm³/mol. The maximum atomic E-state index is 11.6. The molecule has 0 spiro atoms. The Hall–Kier alpha value is -0.570. The minimum atomic E-state index is -0.154. The van der Waals surface area contributed by atoms with Crippen molar-refractivity contribution in [2.24, 2.45) is 35.5 Å². The largest absolute Gasteiger partial charge is 0.373 e. The number of carbonyl (C=O) groups excluding carboxylic acids is 1. The lowest BCUT2D eigenvalue weighted by Gasteiger charge is -2.53. The van der Waals surface area contributed by atoms with E-state index in [1.165, 1.54) is 32.1 Å². The first-order chi connectivity index (χ1) is 6.78. The Morgan fingerprint density at radius 2 is 1.50 bits per heavy atom. The average Bonchev–Trinajstić information content (AvgIpc) is 2.15. The van der Waals surface area contributed by atoms with E-state index in [0.717, 1.165) is 11.8 Å². The van der Waals surface area contributed by atoms with Crippen LogP contribution in [-0.4, -0.2) is 5.97 Å². The van der Waals surface area contributed by atoms with Gasteiger partial charge >= 0.3 is 5.97 Å². The van der Waals surface area contributed by atoms with Crippen molar-refractivity contribution in [2.75, 3.05) is 0 Å². The fourth-order valence-corrected chi connectivity index (χ4v) is 4.39. The molecule has 3 nitrogen and oxygen atoms in total. The van der Waals surface area contributed by atoms with E-state index in [-0.39, 0.29) is 11.9 Å². The Bertz CT molecular complexity index is 236. The Kier molecular flexibility index (Phi) is 1.84. The summed E-state index contributed by atoms with van der Waals surface area (Å²) in [6, 6.07) is 0. The van der Waals surface area contributed by atoms with Gasteiger partial charge < -0.3 is 4.84 Å². The van der Waals surface area contributed by atoms with Gasteiger partial charge in [0.05, 0.1) is 5.92 Å². The Balaban J connectivity index is 1.84. The van der Waals surface area contributed by atoms with E-state index in [4.69, 9.17) is 5.90 Å². The summed E-state index contributed by atoms with van der Waals surface area (Å²) in [7, 11) is 0. The molecule has 0 aromatic rings. The van der Waals surface area contributed by atoms with E-state index in [1.807, 2.05) is 0 Å². The minimum absolute atomic E-state index is 0.132. The predicted octanol–water partition coefficient (Wildman–Crippen LogP) is 1.48. The molecule has 4 fully saturated rings. The van der Waals surface area contributed by atoms with Gasteiger partial charge in [-0.15, -0.1) is 0 Å². The summed E-state index contributed by atoms with van der Waals surface area (Å²) in [5, 5.41) is 0. The van der Waals surface area contributed by atoms with Gasteiger partial charge in [-0.25, -0.2) is 0 Å². The van der Waals surface area contributed by atoms with E-state index < -0.39 is 0 Å². The molecule has 4 aliphatic rings. The maximum Gasteiger partial charge on any atom is 0.328 e. The normalized spacial score (nSPS) is 49.4. The van der Waals surface area contributed by atoms with Crippen LogP contribution in [-0.2, 0) is 9.63 Å². The molecule has 0 aromatic heterocycles. The fraction of sp³-hybridized carbons (Fsp3) is 0.909. The van der Waals surface area contributed by atoms with Gasteiger partial charge in [0.1, 0.15) is 0 Å². The molecule has 4 aliphatic carbocycles. The summed E-state index contributed by atoms with van der Waals surface area (Å²) in [5.74, 6) is 7.96. The molecule has 0 heterocycles. The highest BCUT2D eigenvalue weighted by Gasteiger charge is 2.51. The molecular weight excluding hydrogens is 178 g/mol. The molecule has 0 atom stereocenters. The lowest BCUT2D eigenvalue weighted by Crippen LogP contribution is -2.48. The van der Waals surface area contributed by atoms with E-state index in [0.29, 0.717) is 11.8 Å². The van der Waals surface area contributed by atoms with Crippen molar-refractivity contribution in [3.05, 3.63) is 0 Å². The highest BCUT2D eigenvalue weighted by molar-refractivity contribution is 5.73. The quantitative estimate of drug-likeness (QED) is 0.645. The summed E-state index contributed by atoms with van der Waals surface area (Å²) >= 11 is 0. The van der Waals surface area contributed by atoms with Crippen LogP contribution in [0.2, 0.25) is 0 Å². The minimum Gasteiger partial charge on any atom is -0.373 e. The highest BCUT2D eigenvalue weighted by atomic mass is 16.7. The zero-order valence-corrected chi connectivity index (χ0v) is 8.32. The molecule has 2 N–H and O–H groups in total. The Labute approximate surface area is 83.9 Å². The van der Waals surface area contributed by atoms with Crippen molar-refractivity contribution in [1.29, 1.82) is 0 Å². The summed E-state index contributed by atoms with van der Waals surface area (Å²) in [6.45, 7) is 0. The molecule has 78 valence electrons. The smallest absolute Gasteiger partial charge is 0.328 e. The first-order valence-electron chi connectivity index (χ1n) is 5.68. The molecular formula is C11H17NO2. The van der Waals surface area contributed by atoms with Gasteiger partial charge in [-0.3, -0.25) is 4.79 Å². The van der Waals surface area contributed by atoms with Gasteiger partial charge in [0.15, 0.2) is 0 Å². The van der Waals surface area contributed by atoms with Crippen LogP contribution in [0.5, 0.6) is 0 Å². The number of nitrogens with two attached hydrogens (primary N) is 1. The topological polar surface area (TPSA) is 52.3 Å². The van der Waals surface area contributed by atoms with Crippen LogP contribution in [0.25, 0.3) is 0 Å². The maximum absolute atomic E-state index is 11.6. The third-order valence-electron chi connectivity index (χ3n) is 4.62. The molecule has 0 unspecified atom stereocenters. The molecule has 4 saturated carbocycles. The van der Waals surface area contributed by atoms with Gasteiger partial charge in [-0.05, 0) is 55.8 Å². The van der Waals surface area contributed by atoms with Gasteiger partial charge in [0, 0.05) is 0 Å². The molecule has 4 rings (SSSR count). The highest BCUT2D eigenvalue weighted by Crippen LogP contribution is 2.56. The van der Waals surface area contributed by atoms with Crippen LogP contribution >= 0.6 is 0 Å². The lowest BCUT2D eigenvalue weighted by atomic mass is 9.52. The van der Waals surface area contributed by atoms with Crippen molar-refractivity contribution < 1.29 is 9.63 Å². The third-order valence-corrected chi connectivity index (χ3v) is 4.62. The van der Waals surface area contributed by atoms with Crippen molar-refractivity contribution in [3.8, 4) is 0 Å². The first-order valence-corrected chi connectivity index (χ1v) is 5.68. The second kappa shape index (κ2) is 2.96. The monoisotopic (exact) mass is 195 g/mol. The molecule has 0 aromatic carbocycles. The first kappa shape index (κ1) is 8.72. The van der Waals surface area contributed by atoms with Gasteiger partial charge in [-0.1, -0.05) is 0 Å². The lowest BCUT2D eigenvalue weighted by molar-refractivity contribution is -0.163. The molecule has 4 bridgehead atoms. The number of carbonyl (C=O) groups is 1. The van der Waals surface area contributed by atoms with Crippen LogP contribution in [0.4, 0.5) is 0 Å². The number of hydrogen-bond donors (Lipinski definition) is 1. The fourth-order valence-electron chi connectivity index (χ4n) is 4.39. The molecule has 14 heavy (non-hydrogen) atoms. The second-order valence-corrected chi connectivity index (χ2v) is 5.39. The Morgan fingerprint density at radius 1 is 1.00 bits per heavy atom. The van der Waals surface area contributed by atoms with E-state index in [2.05, 4.69) is 4.84 Å². The average molecular weight is 195 g/mol. The van der Waals surface area contributed by atoms with Crippen molar-refractivity contribution in [2.45, 2.75) is 32.1 Å². The zero-order chi connectivity index (χ0) is 9.71. The summed E-state index contributed by atoms with van der Waals surface area (Å²) < 4.78 is 0. The van der Waals surface area contributed by atoms with Crippen LogP contribution in [0.3, 0.4) is 0 Å².